The molecule has 2 heterocycles. The second-order valence-corrected chi connectivity index (χ2v) is 7.73. The largest absolute Gasteiger partial charge is 0.349 e. The van der Waals surface area contributed by atoms with Crippen molar-refractivity contribution in [2.75, 3.05) is 11.4 Å². The van der Waals surface area contributed by atoms with Gasteiger partial charge >= 0.3 is 0 Å². The number of carbonyl (C=O) groups is 1. The van der Waals surface area contributed by atoms with Crippen molar-refractivity contribution in [3.05, 3.63) is 69.3 Å². The molecular formula is C21H21FN2OS. The van der Waals surface area contributed by atoms with E-state index in [2.05, 4.69) is 23.0 Å². The summed E-state index contributed by atoms with van der Waals surface area (Å²) >= 11 is 1.65. The van der Waals surface area contributed by atoms with Crippen molar-refractivity contribution in [3.63, 3.8) is 0 Å². The number of halogens is 1. The normalized spacial score (nSPS) is 17.0. The van der Waals surface area contributed by atoms with Crippen molar-refractivity contribution in [3.8, 4) is 0 Å². The molecule has 0 spiro atoms. The average molecular weight is 368 g/mol. The SMILES string of the molecule is Cc1cscc1C1=CC=C(F)N(c2cc(C(=O)NC3CC3)ccc2C)C1. The third-order valence-electron chi connectivity index (χ3n) is 4.88. The van der Waals surface area contributed by atoms with Gasteiger partial charge in [-0.2, -0.15) is 15.7 Å². The zero-order valence-corrected chi connectivity index (χ0v) is 15.7. The Labute approximate surface area is 156 Å². The summed E-state index contributed by atoms with van der Waals surface area (Å²) in [6.07, 6.45) is 5.44. The zero-order valence-electron chi connectivity index (χ0n) is 14.9. The van der Waals surface area contributed by atoms with E-state index in [-0.39, 0.29) is 11.9 Å². The number of anilines is 1. The Kier molecular flexibility index (Phi) is 4.41. The highest BCUT2D eigenvalue weighted by atomic mass is 32.1. The highest BCUT2D eigenvalue weighted by Gasteiger charge is 2.25. The van der Waals surface area contributed by atoms with Gasteiger partial charge in [0.05, 0.1) is 6.54 Å². The van der Waals surface area contributed by atoms with Crippen molar-refractivity contribution in [1.29, 1.82) is 0 Å². The lowest BCUT2D eigenvalue weighted by atomic mass is 10.0. The minimum atomic E-state index is -0.301. The zero-order chi connectivity index (χ0) is 18.3. The van der Waals surface area contributed by atoms with E-state index < -0.39 is 0 Å². The van der Waals surface area contributed by atoms with E-state index in [1.54, 1.807) is 22.3 Å². The molecule has 3 nitrogen and oxygen atoms in total. The van der Waals surface area contributed by atoms with Gasteiger partial charge in [-0.25, -0.2) is 0 Å². The van der Waals surface area contributed by atoms with Crippen LogP contribution in [0.1, 0.15) is 39.9 Å². The molecule has 1 aromatic carbocycles. The Bertz CT molecular complexity index is 924. The molecule has 1 saturated carbocycles. The van der Waals surface area contributed by atoms with Gasteiger partial charge in [-0.3, -0.25) is 4.79 Å². The first-order chi connectivity index (χ1) is 12.5. The van der Waals surface area contributed by atoms with Crippen LogP contribution in [0.3, 0.4) is 0 Å². The van der Waals surface area contributed by atoms with Crippen molar-refractivity contribution in [2.24, 2.45) is 0 Å². The third kappa shape index (κ3) is 3.31. The molecule has 1 aliphatic heterocycles. The van der Waals surface area contributed by atoms with E-state index in [1.165, 1.54) is 11.6 Å². The van der Waals surface area contributed by atoms with Gasteiger partial charge in [0.15, 0.2) is 5.95 Å². The van der Waals surface area contributed by atoms with Crippen LogP contribution in [0, 0.1) is 13.8 Å². The molecule has 2 aliphatic rings. The van der Waals surface area contributed by atoms with Crippen molar-refractivity contribution < 1.29 is 9.18 Å². The number of nitrogens with one attached hydrogen (secondary N) is 1. The molecular weight excluding hydrogens is 347 g/mol. The van der Waals surface area contributed by atoms with Crippen LogP contribution in [0.25, 0.3) is 5.57 Å². The van der Waals surface area contributed by atoms with Crippen molar-refractivity contribution in [2.45, 2.75) is 32.7 Å². The van der Waals surface area contributed by atoms with Crippen LogP contribution in [0.2, 0.25) is 0 Å². The first-order valence-electron chi connectivity index (χ1n) is 8.81. The molecule has 1 fully saturated rings. The Hall–Kier alpha value is -2.40. The number of nitrogens with zero attached hydrogens (tertiary/aromatic N) is 1. The van der Waals surface area contributed by atoms with Gasteiger partial charge in [0, 0.05) is 17.3 Å². The summed E-state index contributed by atoms with van der Waals surface area (Å²) < 4.78 is 14.6. The van der Waals surface area contributed by atoms with Crippen molar-refractivity contribution in [1.82, 2.24) is 5.32 Å². The fourth-order valence-corrected chi connectivity index (χ4v) is 4.03. The topological polar surface area (TPSA) is 32.3 Å². The number of benzene rings is 1. The van der Waals surface area contributed by atoms with Crippen LogP contribution in [0.5, 0.6) is 0 Å². The van der Waals surface area contributed by atoms with Gasteiger partial charge < -0.3 is 10.2 Å². The predicted octanol–water partition coefficient (Wildman–Crippen LogP) is 4.97. The van der Waals surface area contributed by atoms with E-state index in [0.717, 1.165) is 35.2 Å². The lowest BCUT2D eigenvalue weighted by molar-refractivity contribution is 0.0951. The number of amides is 1. The molecule has 26 heavy (non-hydrogen) atoms. The number of allylic oxidation sites excluding steroid dienone is 2. The molecule has 1 amide bonds. The molecule has 1 aromatic heterocycles. The molecule has 1 N–H and O–H groups in total. The Morgan fingerprint density at radius 3 is 2.69 bits per heavy atom. The summed E-state index contributed by atoms with van der Waals surface area (Å²) in [5, 5.41) is 7.19. The maximum absolute atomic E-state index is 14.6. The Morgan fingerprint density at radius 1 is 1.19 bits per heavy atom. The standard InChI is InChI=1S/C21H21FN2OS/c1-13-3-4-15(21(25)23-17-6-7-17)9-19(13)24-10-16(5-8-20(24)22)18-12-26-11-14(18)2/h3-5,8-9,11-12,17H,6-7,10H2,1-2H3,(H,23,25). The summed E-state index contributed by atoms with van der Waals surface area (Å²) in [4.78, 5) is 14.0. The highest BCUT2D eigenvalue weighted by Crippen LogP contribution is 2.33. The van der Waals surface area contributed by atoms with Gasteiger partial charge in [0.2, 0.25) is 0 Å². The molecule has 0 radical (unpaired) electrons. The molecule has 0 saturated heterocycles. The van der Waals surface area contributed by atoms with Crippen LogP contribution >= 0.6 is 11.3 Å². The predicted molar refractivity (Wildman–Crippen MR) is 105 cm³/mol. The maximum Gasteiger partial charge on any atom is 0.251 e. The first-order valence-corrected chi connectivity index (χ1v) is 9.76. The maximum atomic E-state index is 14.6. The van der Waals surface area contributed by atoms with Gasteiger partial charge in [-0.15, -0.1) is 0 Å². The van der Waals surface area contributed by atoms with Gasteiger partial charge in [-0.1, -0.05) is 12.1 Å². The highest BCUT2D eigenvalue weighted by molar-refractivity contribution is 7.08. The lowest BCUT2D eigenvalue weighted by Gasteiger charge is -2.28. The van der Waals surface area contributed by atoms with Gasteiger partial charge in [0.25, 0.3) is 5.91 Å². The molecule has 0 unspecified atom stereocenters. The number of carbonyl (C=O) groups excluding carboxylic acids is 1. The quantitative estimate of drug-likeness (QED) is 0.773. The number of aryl methyl sites for hydroxylation is 2. The van der Waals surface area contributed by atoms with E-state index in [4.69, 9.17) is 0 Å². The number of hydrogen-bond acceptors (Lipinski definition) is 3. The summed E-state index contributed by atoms with van der Waals surface area (Å²) in [6, 6.07) is 5.79. The molecule has 134 valence electrons. The van der Waals surface area contributed by atoms with E-state index in [0.29, 0.717) is 18.2 Å². The number of thiophene rings is 1. The van der Waals surface area contributed by atoms with Gasteiger partial charge in [-0.05, 0) is 77.9 Å². The summed E-state index contributed by atoms with van der Waals surface area (Å²) in [5.74, 6) is -0.385. The first kappa shape index (κ1) is 17.0. The molecule has 0 atom stereocenters. The minimum absolute atomic E-state index is 0.0837. The second-order valence-electron chi connectivity index (χ2n) is 6.98. The monoisotopic (exact) mass is 368 g/mol. The number of rotatable bonds is 4. The summed E-state index contributed by atoms with van der Waals surface area (Å²) in [7, 11) is 0. The van der Waals surface area contributed by atoms with Crippen LogP contribution in [-0.4, -0.2) is 18.5 Å². The second kappa shape index (κ2) is 6.72. The molecule has 2 aromatic rings. The average Bonchev–Trinajstić information content (AvgIpc) is 3.34. The molecule has 5 heteroatoms. The Morgan fingerprint density at radius 2 is 2.00 bits per heavy atom. The lowest BCUT2D eigenvalue weighted by Crippen LogP contribution is -2.28. The van der Waals surface area contributed by atoms with Crippen LogP contribution in [-0.2, 0) is 0 Å². The number of hydrogen-bond donors (Lipinski definition) is 1. The van der Waals surface area contributed by atoms with Crippen LogP contribution in [0.4, 0.5) is 10.1 Å². The molecule has 0 bridgehead atoms. The van der Waals surface area contributed by atoms with Crippen LogP contribution < -0.4 is 10.2 Å². The van der Waals surface area contributed by atoms with E-state index in [1.807, 2.05) is 25.1 Å². The third-order valence-corrected chi connectivity index (χ3v) is 5.75. The molecule has 1 aliphatic carbocycles. The smallest absolute Gasteiger partial charge is 0.251 e. The fraction of sp³-hybridized carbons (Fsp3) is 0.286. The minimum Gasteiger partial charge on any atom is -0.349 e. The fourth-order valence-electron chi connectivity index (χ4n) is 3.16. The summed E-state index contributed by atoms with van der Waals surface area (Å²) in [5.41, 5.74) is 5.70. The summed E-state index contributed by atoms with van der Waals surface area (Å²) in [6.45, 7) is 4.47. The van der Waals surface area contributed by atoms with Crippen molar-refractivity contribution >= 4 is 28.5 Å². The van der Waals surface area contributed by atoms with E-state index in [9.17, 15) is 9.18 Å². The van der Waals surface area contributed by atoms with Gasteiger partial charge in [0.1, 0.15) is 0 Å². The van der Waals surface area contributed by atoms with E-state index >= 15 is 0 Å². The van der Waals surface area contributed by atoms with Crippen LogP contribution in [0.15, 0.2) is 47.1 Å². The molecule has 4 rings (SSSR count). The Balaban J connectivity index is 1.64.